The van der Waals surface area contributed by atoms with Crippen molar-refractivity contribution in [2.75, 3.05) is 18.5 Å². The number of hydrogen-bond acceptors (Lipinski definition) is 5. The summed E-state index contributed by atoms with van der Waals surface area (Å²) >= 11 is 0. The second-order valence-corrected chi connectivity index (χ2v) is 5.70. The fourth-order valence-corrected chi connectivity index (χ4v) is 2.65. The van der Waals surface area contributed by atoms with Crippen molar-refractivity contribution in [3.05, 3.63) is 52.3 Å². The van der Waals surface area contributed by atoms with Crippen molar-refractivity contribution in [3.63, 3.8) is 0 Å². The maximum Gasteiger partial charge on any atom is 0.311 e. The molecular formula is C17H16FN3O4. The molecule has 0 bridgehead atoms. The Morgan fingerprint density at radius 2 is 1.88 bits per heavy atom. The lowest BCUT2D eigenvalue weighted by atomic mass is 9.99. The van der Waals surface area contributed by atoms with Gasteiger partial charge in [-0.2, -0.15) is 0 Å². The van der Waals surface area contributed by atoms with Crippen LogP contribution >= 0.6 is 0 Å². The molecule has 0 radical (unpaired) electrons. The summed E-state index contributed by atoms with van der Waals surface area (Å²) < 4.78 is 18.3. The Morgan fingerprint density at radius 3 is 2.52 bits per heavy atom. The number of benzene rings is 1. The highest BCUT2D eigenvalue weighted by molar-refractivity contribution is 5.94. The van der Waals surface area contributed by atoms with Gasteiger partial charge in [-0.3, -0.25) is 14.9 Å². The lowest BCUT2D eigenvalue weighted by Gasteiger charge is -2.21. The Morgan fingerprint density at radius 1 is 1.20 bits per heavy atom. The molecule has 1 N–H and O–H groups in total. The van der Waals surface area contributed by atoms with Crippen molar-refractivity contribution in [1.82, 2.24) is 4.98 Å². The van der Waals surface area contributed by atoms with Crippen LogP contribution < -0.4 is 5.32 Å². The number of carbonyl (C=O) groups is 1. The molecule has 0 saturated carbocycles. The zero-order valence-corrected chi connectivity index (χ0v) is 13.3. The number of nitrogens with zero attached hydrogens (tertiary/aromatic N) is 2. The number of halogens is 1. The Balaban J connectivity index is 1.89. The average molecular weight is 345 g/mol. The molecule has 7 nitrogen and oxygen atoms in total. The number of rotatable bonds is 4. The number of ether oxygens (including phenoxy) is 1. The Labute approximate surface area is 143 Å². The number of hydrogen-bond donors (Lipinski definition) is 1. The second-order valence-electron chi connectivity index (χ2n) is 5.70. The van der Waals surface area contributed by atoms with Crippen LogP contribution in [0.15, 0.2) is 36.4 Å². The number of carbonyl (C=O) groups excluding carboxylic acids is 1. The molecule has 8 heteroatoms. The quantitative estimate of drug-likeness (QED) is 0.678. The van der Waals surface area contributed by atoms with Crippen molar-refractivity contribution in [3.8, 4) is 11.3 Å². The van der Waals surface area contributed by atoms with E-state index in [1.807, 2.05) is 0 Å². The molecule has 2 aromatic rings. The van der Waals surface area contributed by atoms with E-state index in [0.29, 0.717) is 37.3 Å². The van der Waals surface area contributed by atoms with Gasteiger partial charge in [0.2, 0.25) is 11.7 Å². The van der Waals surface area contributed by atoms with Crippen LogP contribution in [-0.4, -0.2) is 29.0 Å². The van der Waals surface area contributed by atoms with Crippen molar-refractivity contribution in [2.45, 2.75) is 12.8 Å². The molecule has 130 valence electrons. The van der Waals surface area contributed by atoms with E-state index in [9.17, 15) is 19.3 Å². The summed E-state index contributed by atoms with van der Waals surface area (Å²) in [5, 5.41) is 13.8. The van der Waals surface area contributed by atoms with Crippen molar-refractivity contribution >= 4 is 17.4 Å². The first-order valence-corrected chi connectivity index (χ1v) is 7.84. The lowest BCUT2D eigenvalue weighted by molar-refractivity contribution is -0.384. The van der Waals surface area contributed by atoms with Gasteiger partial charge in [-0.25, -0.2) is 9.37 Å². The third kappa shape index (κ3) is 3.97. The van der Waals surface area contributed by atoms with E-state index in [-0.39, 0.29) is 23.3 Å². The zero-order chi connectivity index (χ0) is 17.8. The lowest BCUT2D eigenvalue weighted by Crippen LogP contribution is -2.29. The minimum atomic E-state index is -0.596. The van der Waals surface area contributed by atoms with Crippen LogP contribution in [0, 0.1) is 21.8 Å². The minimum absolute atomic E-state index is 0.108. The van der Waals surface area contributed by atoms with Gasteiger partial charge in [-0.15, -0.1) is 0 Å². The number of amides is 1. The molecule has 3 rings (SSSR count). The van der Waals surface area contributed by atoms with E-state index in [1.165, 1.54) is 36.4 Å². The molecule has 1 fully saturated rings. The fourth-order valence-electron chi connectivity index (χ4n) is 2.65. The molecular weight excluding hydrogens is 329 g/mol. The van der Waals surface area contributed by atoms with E-state index in [2.05, 4.69) is 10.3 Å². The highest BCUT2D eigenvalue weighted by Gasteiger charge is 2.25. The molecule has 0 atom stereocenters. The Bertz CT molecular complexity index is 789. The van der Waals surface area contributed by atoms with E-state index < -0.39 is 10.7 Å². The fraction of sp³-hybridized carbons (Fsp3) is 0.294. The van der Waals surface area contributed by atoms with Gasteiger partial charge in [0.05, 0.1) is 10.6 Å². The monoisotopic (exact) mass is 345 g/mol. The van der Waals surface area contributed by atoms with Gasteiger partial charge in [0, 0.05) is 30.8 Å². The number of aromatic nitrogens is 1. The molecule has 1 amide bonds. The highest BCUT2D eigenvalue weighted by atomic mass is 19.1. The van der Waals surface area contributed by atoms with Gasteiger partial charge in [0.15, 0.2) is 0 Å². The van der Waals surface area contributed by atoms with Crippen LogP contribution in [0.3, 0.4) is 0 Å². The Kier molecular flexibility index (Phi) is 4.99. The molecule has 1 aliphatic heterocycles. The Hall–Kier alpha value is -2.87. The SMILES string of the molecule is O=C(Nc1nc(-c2ccc(F)cc2)ccc1[N+](=O)[O-])C1CCOCC1. The largest absolute Gasteiger partial charge is 0.381 e. The van der Waals surface area contributed by atoms with E-state index in [0.717, 1.165) is 0 Å². The summed E-state index contributed by atoms with van der Waals surface area (Å²) in [6, 6.07) is 8.35. The maximum absolute atomic E-state index is 13.1. The third-order valence-corrected chi connectivity index (χ3v) is 4.04. The van der Waals surface area contributed by atoms with Gasteiger partial charge < -0.3 is 10.1 Å². The second kappa shape index (κ2) is 7.35. The molecule has 0 unspecified atom stereocenters. The smallest absolute Gasteiger partial charge is 0.311 e. The summed E-state index contributed by atoms with van der Waals surface area (Å²) in [5.41, 5.74) is 0.719. The zero-order valence-electron chi connectivity index (χ0n) is 13.3. The van der Waals surface area contributed by atoms with Gasteiger partial charge in [-0.1, -0.05) is 0 Å². The number of nitro groups is 1. The average Bonchev–Trinajstić information content (AvgIpc) is 2.63. The van der Waals surface area contributed by atoms with E-state index in [4.69, 9.17) is 4.74 Å². The van der Waals surface area contributed by atoms with Crippen LogP contribution in [0.2, 0.25) is 0 Å². The number of pyridine rings is 1. The molecule has 25 heavy (non-hydrogen) atoms. The van der Waals surface area contributed by atoms with Gasteiger partial charge >= 0.3 is 5.69 Å². The van der Waals surface area contributed by atoms with E-state index in [1.54, 1.807) is 0 Å². The molecule has 2 heterocycles. The van der Waals surface area contributed by atoms with Crippen LogP contribution in [0.4, 0.5) is 15.9 Å². The molecule has 0 spiro atoms. The highest BCUT2D eigenvalue weighted by Crippen LogP contribution is 2.28. The summed E-state index contributed by atoms with van der Waals surface area (Å²) in [4.78, 5) is 27.2. The van der Waals surface area contributed by atoms with E-state index >= 15 is 0 Å². The first-order valence-electron chi connectivity index (χ1n) is 7.84. The molecule has 1 aromatic carbocycles. The normalized spacial score (nSPS) is 14.9. The van der Waals surface area contributed by atoms with Gasteiger partial charge in [-0.05, 0) is 43.2 Å². The van der Waals surface area contributed by atoms with Crippen molar-refractivity contribution in [1.29, 1.82) is 0 Å². The first kappa shape index (κ1) is 17.0. The minimum Gasteiger partial charge on any atom is -0.381 e. The molecule has 1 aliphatic rings. The number of nitrogens with one attached hydrogen (secondary N) is 1. The first-order chi connectivity index (χ1) is 12.0. The van der Waals surface area contributed by atoms with Crippen molar-refractivity contribution < 1.29 is 18.8 Å². The van der Waals surface area contributed by atoms with Crippen LogP contribution in [0.25, 0.3) is 11.3 Å². The topological polar surface area (TPSA) is 94.4 Å². The molecule has 1 aromatic heterocycles. The van der Waals surface area contributed by atoms with Gasteiger partial charge in [0.1, 0.15) is 5.82 Å². The summed E-state index contributed by atoms with van der Waals surface area (Å²) in [7, 11) is 0. The predicted octanol–water partition coefficient (Wildman–Crippen LogP) is 3.16. The summed E-state index contributed by atoms with van der Waals surface area (Å²) in [6.45, 7) is 0.979. The molecule has 0 aliphatic carbocycles. The number of anilines is 1. The van der Waals surface area contributed by atoms with Crippen molar-refractivity contribution in [2.24, 2.45) is 5.92 Å². The molecule has 1 saturated heterocycles. The summed E-state index contributed by atoms with van der Waals surface area (Å²) in [5.74, 6) is -1.07. The maximum atomic E-state index is 13.1. The third-order valence-electron chi connectivity index (χ3n) is 4.04. The van der Waals surface area contributed by atoms with Gasteiger partial charge in [0.25, 0.3) is 0 Å². The van der Waals surface area contributed by atoms with Crippen LogP contribution in [-0.2, 0) is 9.53 Å². The van der Waals surface area contributed by atoms with Crippen LogP contribution in [0.1, 0.15) is 12.8 Å². The predicted molar refractivity (Wildman–Crippen MR) is 88.5 cm³/mol. The summed E-state index contributed by atoms with van der Waals surface area (Å²) in [6.07, 6.45) is 1.13. The van der Waals surface area contributed by atoms with Crippen LogP contribution in [0.5, 0.6) is 0 Å². The standard InChI is InChI=1S/C17H16FN3O4/c18-13-3-1-11(2-4-13)14-5-6-15(21(23)24)16(19-14)20-17(22)12-7-9-25-10-8-12/h1-6,12H,7-10H2,(H,19,20,22).